The Morgan fingerprint density at radius 3 is 2.92 bits per heavy atom. The maximum atomic E-state index is 12.7. The van der Waals surface area contributed by atoms with Crippen molar-refractivity contribution in [1.82, 2.24) is 9.55 Å². The van der Waals surface area contributed by atoms with Crippen molar-refractivity contribution in [3.63, 3.8) is 0 Å². The second-order valence-corrected chi connectivity index (χ2v) is 7.42. The van der Waals surface area contributed by atoms with Gasteiger partial charge in [0.15, 0.2) is 5.16 Å². The van der Waals surface area contributed by atoms with Crippen molar-refractivity contribution >= 4 is 23.4 Å². The number of carbonyl (C=O) groups is 1. The normalized spacial score (nSPS) is 18.3. The third-order valence-electron chi connectivity index (χ3n) is 4.63. The third kappa shape index (κ3) is 2.75. The van der Waals surface area contributed by atoms with E-state index in [2.05, 4.69) is 10.3 Å². The van der Waals surface area contributed by atoms with Gasteiger partial charge in [0.25, 0.3) is 5.56 Å². The van der Waals surface area contributed by atoms with Gasteiger partial charge in [-0.25, -0.2) is 4.98 Å². The summed E-state index contributed by atoms with van der Waals surface area (Å²) in [5.41, 5.74) is 3.82. The van der Waals surface area contributed by atoms with Crippen LogP contribution in [0.25, 0.3) is 0 Å². The highest BCUT2D eigenvalue weighted by Gasteiger charge is 2.31. The smallest absolute Gasteiger partial charge is 0.257 e. The van der Waals surface area contributed by atoms with Crippen LogP contribution in [-0.2, 0) is 17.6 Å². The quantitative estimate of drug-likeness (QED) is 0.872. The van der Waals surface area contributed by atoms with Crippen LogP contribution >= 0.6 is 11.8 Å². The maximum Gasteiger partial charge on any atom is 0.257 e. The molecule has 0 fully saturated rings. The van der Waals surface area contributed by atoms with Crippen LogP contribution in [0.2, 0.25) is 0 Å². The van der Waals surface area contributed by atoms with Crippen LogP contribution in [0.15, 0.2) is 34.2 Å². The zero-order valence-electron chi connectivity index (χ0n) is 13.5. The summed E-state index contributed by atoms with van der Waals surface area (Å²) >= 11 is 1.58. The standard InChI is InChI=1S/C18H19N3O2S/c1-11-5-7-12(8-6-11)19-16(22)9-13-10-24-18-20-15-4-2-3-14(15)17(23)21(13)18/h5-8,13H,2-4,9-10H2,1H3,(H,19,22). The molecule has 1 atom stereocenters. The van der Waals surface area contributed by atoms with E-state index in [-0.39, 0.29) is 17.5 Å². The Morgan fingerprint density at radius 2 is 2.12 bits per heavy atom. The average Bonchev–Trinajstić information content (AvgIpc) is 3.17. The molecule has 0 saturated heterocycles. The predicted octanol–water partition coefficient (Wildman–Crippen LogP) is 2.72. The Balaban J connectivity index is 1.52. The topological polar surface area (TPSA) is 64.0 Å². The molecule has 124 valence electrons. The Kier molecular flexibility index (Phi) is 3.92. The molecule has 4 rings (SSSR count). The van der Waals surface area contributed by atoms with Crippen LogP contribution < -0.4 is 10.9 Å². The molecule has 1 aromatic carbocycles. The van der Waals surface area contributed by atoms with Gasteiger partial charge in [-0.15, -0.1) is 0 Å². The summed E-state index contributed by atoms with van der Waals surface area (Å²) in [6.45, 7) is 2.01. The Labute approximate surface area is 144 Å². The van der Waals surface area contributed by atoms with Crippen molar-refractivity contribution < 1.29 is 4.79 Å². The molecular weight excluding hydrogens is 322 g/mol. The van der Waals surface area contributed by atoms with Gasteiger partial charge >= 0.3 is 0 Å². The van der Waals surface area contributed by atoms with E-state index < -0.39 is 0 Å². The lowest BCUT2D eigenvalue weighted by Gasteiger charge is -2.14. The maximum absolute atomic E-state index is 12.7. The van der Waals surface area contributed by atoms with Crippen molar-refractivity contribution in [1.29, 1.82) is 0 Å². The number of carbonyl (C=O) groups excluding carboxylic acids is 1. The van der Waals surface area contributed by atoms with E-state index in [0.717, 1.165) is 52.7 Å². The van der Waals surface area contributed by atoms with Crippen LogP contribution in [0.1, 0.15) is 35.7 Å². The first kappa shape index (κ1) is 15.4. The fourth-order valence-electron chi connectivity index (χ4n) is 3.37. The van der Waals surface area contributed by atoms with E-state index in [4.69, 9.17) is 0 Å². The number of nitrogens with one attached hydrogen (secondary N) is 1. The highest BCUT2D eigenvalue weighted by atomic mass is 32.2. The van der Waals surface area contributed by atoms with Crippen molar-refractivity contribution in [2.45, 2.75) is 43.8 Å². The minimum absolute atomic E-state index is 0.0608. The monoisotopic (exact) mass is 341 g/mol. The first-order valence-corrected chi connectivity index (χ1v) is 9.24. The van der Waals surface area contributed by atoms with E-state index in [1.807, 2.05) is 31.2 Å². The molecule has 2 aliphatic rings. The van der Waals surface area contributed by atoms with Gasteiger partial charge in [0.2, 0.25) is 5.91 Å². The number of thioether (sulfide) groups is 1. The lowest BCUT2D eigenvalue weighted by Crippen LogP contribution is -2.30. The van der Waals surface area contributed by atoms with Crippen molar-refractivity contribution in [3.05, 3.63) is 51.4 Å². The highest BCUT2D eigenvalue weighted by molar-refractivity contribution is 7.99. The molecule has 1 aliphatic heterocycles. The number of benzene rings is 1. The zero-order chi connectivity index (χ0) is 16.7. The van der Waals surface area contributed by atoms with Crippen molar-refractivity contribution in [2.75, 3.05) is 11.1 Å². The fraction of sp³-hybridized carbons (Fsp3) is 0.389. The van der Waals surface area contributed by atoms with Gasteiger partial charge in [0.1, 0.15) is 0 Å². The number of nitrogens with zero attached hydrogens (tertiary/aromatic N) is 2. The van der Waals surface area contributed by atoms with Gasteiger partial charge in [0.05, 0.1) is 11.7 Å². The molecule has 0 bridgehead atoms. The number of hydrogen-bond acceptors (Lipinski definition) is 4. The summed E-state index contributed by atoms with van der Waals surface area (Å²) in [5, 5.41) is 3.69. The van der Waals surface area contributed by atoms with Gasteiger partial charge < -0.3 is 5.32 Å². The second kappa shape index (κ2) is 6.09. The zero-order valence-corrected chi connectivity index (χ0v) is 14.4. The number of amides is 1. The SMILES string of the molecule is Cc1ccc(NC(=O)CC2CSc3nc4c(c(=O)n32)CCC4)cc1. The Morgan fingerprint density at radius 1 is 1.33 bits per heavy atom. The molecule has 1 aromatic heterocycles. The Bertz CT molecular complexity index is 858. The number of hydrogen-bond donors (Lipinski definition) is 1. The number of anilines is 1. The highest BCUT2D eigenvalue weighted by Crippen LogP contribution is 2.34. The molecule has 6 heteroatoms. The van der Waals surface area contributed by atoms with Crippen molar-refractivity contribution in [3.8, 4) is 0 Å². The molecule has 2 aromatic rings. The lowest BCUT2D eigenvalue weighted by atomic mass is 10.2. The van der Waals surface area contributed by atoms with Crippen molar-refractivity contribution in [2.24, 2.45) is 0 Å². The summed E-state index contributed by atoms with van der Waals surface area (Å²) in [6.07, 6.45) is 3.02. The van der Waals surface area contributed by atoms with Crippen LogP contribution in [0.5, 0.6) is 0 Å². The summed E-state index contributed by atoms with van der Waals surface area (Å²) < 4.78 is 1.74. The molecule has 1 unspecified atom stereocenters. The predicted molar refractivity (Wildman–Crippen MR) is 94.7 cm³/mol. The summed E-state index contributed by atoms with van der Waals surface area (Å²) in [6, 6.07) is 7.61. The fourth-order valence-corrected chi connectivity index (χ4v) is 4.52. The molecule has 5 nitrogen and oxygen atoms in total. The van der Waals surface area contributed by atoms with Gasteiger partial charge in [-0.3, -0.25) is 14.2 Å². The van der Waals surface area contributed by atoms with Crippen LogP contribution in [0, 0.1) is 6.92 Å². The minimum Gasteiger partial charge on any atom is -0.326 e. The van der Waals surface area contributed by atoms with E-state index in [1.54, 1.807) is 16.3 Å². The largest absolute Gasteiger partial charge is 0.326 e. The van der Waals surface area contributed by atoms with Crippen LogP contribution in [-0.4, -0.2) is 21.2 Å². The molecule has 1 N–H and O–H groups in total. The van der Waals surface area contributed by atoms with E-state index in [9.17, 15) is 9.59 Å². The summed E-state index contributed by atoms with van der Waals surface area (Å²) in [5.74, 6) is 0.664. The molecule has 24 heavy (non-hydrogen) atoms. The van der Waals surface area contributed by atoms with Gasteiger partial charge in [-0.05, 0) is 38.3 Å². The van der Waals surface area contributed by atoms with Crippen LogP contribution in [0.4, 0.5) is 5.69 Å². The van der Waals surface area contributed by atoms with E-state index in [0.29, 0.717) is 6.42 Å². The van der Waals surface area contributed by atoms with Crippen LogP contribution in [0.3, 0.4) is 0 Å². The molecule has 2 heterocycles. The van der Waals surface area contributed by atoms with Gasteiger partial charge in [-0.2, -0.15) is 0 Å². The minimum atomic E-state index is -0.110. The first-order valence-electron chi connectivity index (χ1n) is 8.25. The molecule has 0 radical (unpaired) electrons. The first-order chi connectivity index (χ1) is 11.6. The number of rotatable bonds is 3. The number of aryl methyl sites for hydroxylation is 2. The number of fused-ring (bicyclic) bond motifs is 2. The van der Waals surface area contributed by atoms with Gasteiger partial charge in [-0.1, -0.05) is 29.5 Å². The average molecular weight is 341 g/mol. The summed E-state index contributed by atoms with van der Waals surface area (Å²) in [7, 11) is 0. The molecular formula is C18H19N3O2S. The van der Waals surface area contributed by atoms with E-state index in [1.165, 1.54) is 0 Å². The lowest BCUT2D eigenvalue weighted by molar-refractivity contribution is -0.116. The number of aromatic nitrogens is 2. The Hall–Kier alpha value is -2.08. The van der Waals surface area contributed by atoms with Gasteiger partial charge in [0, 0.05) is 23.4 Å². The molecule has 1 aliphatic carbocycles. The molecule has 0 saturated carbocycles. The molecule has 0 spiro atoms. The van der Waals surface area contributed by atoms with E-state index >= 15 is 0 Å². The third-order valence-corrected chi connectivity index (χ3v) is 5.73. The summed E-state index contributed by atoms with van der Waals surface area (Å²) in [4.78, 5) is 29.7. The molecule has 1 amide bonds. The second-order valence-electron chi connectivity index (χ2n) is 6.43.